The molecule has 1 aliphatic rings. The molecule has 0 atom stereocenters. The summed E-state index contributed by atoms with van der Waals surface area (Å²) in [5, 5.41) is 2.53. The van der Waals surface area contributed by atoms with Crippen LogP contribution in [0.15, 0.2) is 11.0 Å². The lowest BCUT2D eigenvalue weighted by molar-refractivity contribution is 0.150. The Labute approximate surface area is 63.8 Å². The molecule has 0 spiro atoms. The number of thioether (sulfide) groups is 1. The minimum absolute atomic E-state index is 0.0365. The fourth-order valence-corrected chi connectivity index (χ4v) is 1.22. The van der Waals surface area contributed by atoms with Crippen LogP contribution < -0.4 is 5.32 Å². The van der Waals surface area contributed by atoms with Crippen LogP contribution in [-0.4, -0.2) is 18.6 Å². The van der Waals surface area contributed by atoms with Crippen LogP contribution in [0, 0.1) is 0 Å². The number of ether oxygens (including phenoxy) is 1. The van der Waals surface area contributed by atoms with Crippen molar-refractivity contribution in [1.29, 1.82) is 0 Å². The van der Waals surface area contributed by atoms with E-state index in [2.05, 4.69) is 5.32 Å². The normalized spacial score (nSPS) is 24.1. The van der Waals surface area contributed by atoms with Crippen LogP contribution in [0.3, 0.4) is 0 Å². The van der Waals surface area contributed by atoms with Crippen molar-refractivity contribution in [3.05, 3.63) is 11.0 Å². The molecule has 4 heteroatoms. The van der Waals surface area contributed by atoms with Gasteiger partial charge in [-0.1, -0.05) is 6.08 Å². The molecule has 0 saturated carbocycles. The van der Waals surface area contributed by atoms with E-state index in [4.69, 9.17) is 4.74 Å². The number of allylic oxidation sites excluding steroid dienone is 1. The zero-order valence-corrected chi connectivity index (χ0v) is 6.53. The minimum atomic E-state index is -0.0365. The molecule has 0 aromatic heterocycles. The highest BCUT2D eigenvalue weighted by atomic mass is 32.2. The maximum atomic E-state index is 10.8. The lowest BCUT2D eigenvalue weighted by Gasteiger charge is -1.95. The second-order valence-corrected chi connectivity index (χ2v) is 2.91. The molecule has 10 heavy (non-hydrogen) atoms. The molecular formula is C6H9NO2S. The van der Waals surface area contributed by atoms with Crippen LogP contribution in [0.4, 0.5) is 4.79 Å². The molecule has 1 rings (SSSR count). The third-order valence-electron chi connectivity index (χ3n) is 1.11. The molecular weight excluding hydrogens is 150 g/mol. The van der Waals surface area contributed by atoms with Crippen molar-refractivity contribution in [2.24, 2.45) is 0 Å². The average Bonchev–Trinajstić information content (AvgIpc) is 2.13. The zero-order valence-electron chi connectivity index (χ0n) is 5.72. The molecule has 1 aliphatic heterocycles. The SMILES string of the molecule is C/C=C1/COCNC(=O)S1. The van der Waals surface area contributed by atoms with Crippen molar-refractivity contribution >= 4 is 17.0 Å². The summed E-state index contributed by atoms with van der Waals surface area (Å²) in [5.74, 6) is 0. The maximum Gasteiger partial charge on any atom is 0.285 e. The quantitative estimate of drug-likeness (QED) is 0.579. The Morgan fingerprint density at radius 3 is 3.30 bits per heavy atom. The highest BCUT2D eigenvalue weighted by Crippen LogP contribution is 2.18. The predicted molar refractivity (Wildman–Crippen MR) is 40.7 cm³/mol. The van der Waals surface area contributed by atoms with Crippen molar-refractivity contribution in [2.45, 2.75) is 6.92 Å². The van der Waals surface area contributed by atoms with Crippen molar-refractivity contribution < 1.29 is 9.53 Å². The highest BCUT2D eigenvalue weighted by molar-refractivity contribution is 8.16. The lowest BCUT2D eigenvalue weighted by Crippen LogP contribution is -2.18. The molecule has 0 aromatic carbocycles. The molecule has 0 unspecified atom stereocenters. The van der Waals surface area contributed by atoms with Crippen LogP contribution in [0.2, 0.25) is 0 Å². The Bertz CT molecular complexity index is 167. The summed E-state index contributed by atoms with van der Waals surface area (Å²) in [7, 11) is 0. The molecule has 1 saturated heterocycles. The first-order valence-electron chi connectivity index (χ1n) is 3.01. The number of hydrogen-bond acceptors (Lipinski definition) is 3. The van der Waals surface area contributed by atoms with Gasteiger partial charge in [0, 0.05) is 4.91 Å². The number of carbonyl (C=O) groups is 1. The van der Waals surface area contributed by atoms with Gasteiger partial charge in [0.05, 0.1) is 6.61 Å². The first kappa shape index (κ1) is 7.63. The molecule has 0 bridgehead atoms. The number of rotatable bonds is 0. The second kappa shape index (κ2) is 3.63. The van der Waals surface area contributed by atoms with Crippen LogP contribution in [0.25, 0.3) is 0 Å². The summed E-state index contributed by atoms with van der Waals surface area (Å²) in [5.41, 5.74) is 0. The van der Waals surface area contributed by atoms with E-state index < -0.39 is 0 Å². The monoisotopic (exact) mass is 159 g/mol. The maximum absolute atomic E-state index is 10.8. The van der Waals surface area contributed by atoms with E-state index in [1.165, 1.54) is 11.8 Å². The van der Waals surface area contributed by atoms with E-state index in [-0.39, 0.29) is 5.24 Å². The van der Waals surface area contributed by atoms with Gasteiger partial charge in [-0.2, -0.15) is 0 Å². The smallest absolute Gasteiger partial charge is 0.285 e. The van der Waals surface area contributed by atoms with E-state index in [9.17, 15) is 4.79 Å². The first-order valence-corrected chi connectivity index (χ1v) is 3.83. The third-order valence-corrected chi connectivity index (χ3v) is 2.05. The van der Waals surface area contributed by atoms with Gasteiger partial charge in [-0.25, -0.2) is 0 Å². The van der Waals surface area contributed by atoms with Gasteiger partial charge < -0.3 is 10.1 Å². The predicted octanol–water partition coefficient (Wildman–Crippen LogP) is 1.32. The van der Waals surface area contributed by atoms with E-state index in [1.807, 2.05) is 13.0 Å². The molecule has 1 fully saturated rings. The summed E-state index contributed by atoms with van der Waals surface area (Å²) in [6, 6.07) is 0. The molecule has 1 heterocycles. The van der Waals surface area contributed by atoms with Gasteiger partial charge in [0.1, 0.15) is 6.73 Å². The van der Waals surface area contributed by atoms with Crippen LogP contribution in [0.1, 0.15) is 6.92 Å². The summed E-state index contributed by atoms with van der Waals surface area (Å²) in [6.45, 7) is 2.76. The largest absolute Gasteiger partial charge is 0.356 e. The zero-order chi connectivity index (χ0) is 7.40. The topological polar surface area (TPSA) is 38.3 Å². The Kier molecular flexibility index (Phi) is 2.77. The Morgan fingerprint density at radius 2 is 2.60 bits per heavy atom. The Morgan fingerprint density at radius 1 is 1.80 bits per heavy atom. The highest BCUT2D eigenvalue weighted by Gasteiger charge is 2.09. The minimum Gasteiger partial charge on any atom is -0.356 e. The fraction of sp³-hybridized carbons (Fsp3) is 0.500. The van der Waals surface area contributed by atoms with Gasteiger partial charge >= 0.3 is 0 Å². The van der Waals surface area contributed by atoms with Gasteiger partial charge in [-0.15, -0.1) is 0 Å². The van der Waals surface area contributed by atoms with E-state index in [0.29, 0.717) is 13.3 Å². The summed E-state index contributed by atoms with van der Waals surface area (Å²) < 4.78 is 5.05. The standard InChI is InChI=1S/C6H9NO2S/c1-2-5-3-9-4-7-6(8)10-5/h2H,3-4H2,1H3,(H,7,8)/b5-2-. The van der Waals surface area contributed by atoms with Gasteiger partial charge in [-0.05, 0) is 18.7 Å². The Balaban J connectivity index is 2.54. The van der Waals surface area contributed by atoms with Gasteiger partial charge in [-0.3, -0.25) is 4.79 Å². The third kappa shape index (κ3) is 2.04. The Hall–Kier alpha value is -0.480. The van der Waals surface area contributed by atoms with Gasteiger partial charge in [0.25, 0.3) is 5.24 Å². The van der Waals surface area contributed by atoms with E-state index in [0.717, 1.165) is 4.91 Å². The average molecular weight is 159 g/mol. The summed E-state index contributed by atoms with van der Waals surface area (Å²) >= 11 is 1.19. The number of hydrogen-bond donors (Lipinski definition) is 1. The number of nitrogens with one attached hydrogen (secondary N) is 1. The molecule has 1 N–H and O–H groups in total. The molecule has 3 nitrogen and oxygen atoms in total. The van der Waals surface area contributed by atoms with Crippen molar-refractivity contribution in [1.82, 2.24) is 5.32 Å². The fourth-order valence-electron chi connectivity index (χ4n) is 0.588. The van der Waals surface area contributed by atoms with Crippen molar-refractivity contribution in [2.75, 3.05) is 13.3 Å². The lowest BCUT2D eigenvalue weighted by atomic mass is 10.5. The molecule has 1 amide bonds. The van der Waals surface area contributed by atoms with Crippen molar-refractivity contribution in [3.63, 3.8) is 0 Å². The summed E-state index contributed by atoms with van der Waals surface area (Å²) in [6.07, 6.45) is 1.88. The van der Waals surface area contributed by atoms with E-state index >= 15 is 0 Å². The molecule has 0 aliphatic carbocycles. The van der Waals surface area contributed by atoms with Crippen LogP contribution in [-0.2, 0) is 4.74 Å². The summed E-state index contributed by atoms with van der Waals surface area (Å²) in [4.78, 5) is 11.8. The van der Waals surface area contributed by atoms with Gasteiger partial charge in [0.15, 0.2) is 0 Å². The van der Waals surface area contributed by atoms with Crippen LogP contribution in [0.5, 0.6) is 0 Å². The van der Waals surface area contributed by atoms with Crippen LogP contribution >= 0.6 is 11.8 Å². The second-order valence-electron chi connectivity index (χ2n) is 1.81. The molecule has 56 valence electrons. The number of amides is 1. The number of carbonyl (C=O) groups excluding carboxylic acids is 1. The van der Waals surface area contributed by atoms with Gasteiger partial charge in [0.2, 0.25) is 0 Å². The molecule has 0 aromatic rings. The van der Waals surface area contributed by atoms with Crippen molar-refractivity contribution in [3.8, 4) is 0 Å². The van der Waals surface area contributed by atoms with E-state index in [1.54, 1.807) is 0 Å². The molecule has 0 radical (unpaired) electrons. The first-order chi connectivity index (χ1) is 4.83.